The number of carbonyl (C=O) groups excluding carboxylic acids is 2. The summed E-state index contributed by atoms with van der Waals surface area (Å²) < 4.78 is 11.0. The topological polar surface area (TPSA) is 76.7 Å². The van der Waals surface area contributed by atoms with Gasteiger partial charge in [-0.05, 0) is 49.7 Å². The van der Waals surface area contributed by atoms with Crippen LogP contribution < -0.4 is 10.6 Å². The first kappa shape index (κ1) is 18.9. The molecule has 0 spiro atoms. The summed E-state index contributed by atoms with van der Waals surface area (Å²) in [6, 6.07) is 7.89. The van der Waals surface area contributed by atoms with Crippen LogP contribution in [0.2, 0.25) is 0 Å². The Morgan fingerprint density at radius 3 is 1.77 bits per heavy atom. The van der Waals surface area contributed by atoms with E-state index in [-0.39, 0.29) is 24.0 Å². The minimum atomic E-state index is -0.318. The van der Waals surface area contributed by atoms with E-state index in [1.54, 1.807) is 0 Å². The van der Waals surface area contributed by atoms with Gasteiger partial charge in [0.25, 0.3) is 0 Å². The van der Waals surface area contributed by atoms with Gasteiger partial charge in [-0.25, -0.2) is 0 Å². The SMILES string of the molecule is O=C(NCc1cccc(CNC(=O)C2CCCCO2)c1)C1CCCCO1. The molecule has 0 bridgehead atoms. The Kier molecular flexibility index (Phi) is 7.03. The molecule has 1 aromatic rings. The quantitative estimate of drug-likeness (QED) is 0.814. The standard InChI is InChI=1S/C20H28N2O4/c23-19(17-8-1-3-10-25-17)21-13-15-6-5-7-16(12-15)14-22-20(24)18-9-2-4-11-26-18/h5-7,12,17-18H,1-4,8-11,13-14H2,(H,21,23)(H,22,24). The van der Waals surface area contributed by atoms with E-state index in [0.717, 1.165) is 49.7 Å². The summed E-state index contributed by atoms with van der Waals surface area (Å²) >= 11 is 0. The van der Waals surface area contributed by atoms with Crippen molar-refractivity contribution in [2.75, 3.05) is 13.2 Å². The Morgan fingerprint density at radius 2 is 1.35 bits per heavy atom. The van der Waals surface area contributed by atoms with Crippen molar-refractivity contribution in [2.24, 2.45) is 0 Å². The third kappa shape index (κ3) is 5.54. The average molecular weight is 360 g/mol. The van der Waals surface area contributed by atoms with Crippen LogP contribution in [0.4, 0.5) is 0 Å². The van der Waals surface area contributed by atoms with Crippen LogP contribution >= 0.6 is 0 Å². The van der Waals surface area contributed by atoms with Gasteiger partial charge in [0.15, 0.2) is 0 Å². The Morgan fingerprint density at radius 1 is 0.846 bits per heavy atom. The highest BCUT2D eigenvalue weighted by atomic mass is 16.5. The highest BCUT2D eigenvalue weighted by molar-refractivity contribution is 5.81. The molecule has 142 valence electrons. The van der Waals surface area contributed by atoms with Crippen molar-refractivity contribution in [2.45, 2.75) is 63.8 Å². The zero-order valence-corrected chi connectivity index (χ0v) is 15.2. The van der Waals surface area contributed by atoms with Crippen LogP contribution in [0.5, 0.6) is 0 Å². The molecule has 2 amide bonds. The van der Waals surface area contributed by atoms with Crippen molar-refractivity contribution in [1.29, 1.82) is 0 Å². The molecule has 2 fully saturated rings. The molecule has 3 rings (SSSR count). The number of nitrogens with one attached hydrogen (secondary N) is 2. The summed E-state index contributed by atoms with van der Waals surface area (Å²) in [6.07, 6.45) is 5.09. The van der Waals surface area contributed by atoms with Crippen molar-refractivity contribution in [3.05, 3.63) is 35.4 Å². The molecule has 0 aromatic heterocycles. The third-order valence-corrected chi connectivity index (χ3v) is 4.87. The van der Waals surface area contributed by atoms with Crippen molar-refractivity contribution in [1.82, 2.24) is 10.6 Å². The van der Waals surface area contributed by atoms with E-state index in [2.05, 4.69) is 10.6 Å². The number of benzene rings is 1. The fourth-order valence-corrected chi connectivity index (χ4v) is 3.35. The van der Waals surface area contributed by atoms with Gasteiger partial charge in [0.2, 0.25) is 11.8 Å². The Balaban J connectivity index is 1.45. The third-order valence-electron chi connectivity index (χ3n) is 4.87. The van der Waals surface area contributed by atoms with Gasteiger partial charge in [0, 0.05) is 26.3 Å². The van der Waals surface area contributed by atoms with Crippen molar-refractivity contribution in [3.63, 3.8) is 0 Å². The van der Waals surface area contributed by atoms with Crippen molar-refractivity contribution >= 4 is 11.8 Å². The number of hydrogen-bond donors (Lipinski definition) is 2. The van der Waals surface area contributed by atoms with Crippen LogP contribution in [0.15, 0.2) is 24.3 Å². The monoisotopic (exact) mass is 360 g/mol. The highest BCUT2D eigenvalue weighted by Gasteiger charge is 2.22. The lowest BCUT2D eigenvalue weighted by Crippen LogP contribution is -2.38. The number of hydrogen-bond acceptors (Lipinski definition) is 4. The number of carbonyl (C=O) groups is 2. The molecule has 0 radical (unpaired) electrons. The van der Waals surface area contributed by atoms with Crippen LogP contribution in [-0.2, 0) is 32.2 Å². The fraction of sp³-hybridized carbons (Fsp3) is 0.600. The van der Waals surface area contributed by atoms with E-state index >= 15 is 0 Å². The summed E-state index contributed by atoms with van der Waals surface area (Å²) in [6.45, 7) is 2.26. The summed E-state index contributed by atoms with van der Waals surface area (Å²) in [4.78, 5) is 24.3. The van der Waals surface area contributed by atoms with Crippen LogP contribution in [0, 0.1) is 0 Å². The second kappa shape index (κ2) is 9.69. The predicted molar refractivity (Wildman–Crippen MR) is 97.3 cm³/mol. The van der Waals surface area contributed by atoms with Crippen LogP contribution in [0.25, 0.3) is 0 Å². The minimum Gasteiger partial charge on any atom is -0.368 e. The maximum Gasteiger partial charge on any atom is 0.249 e. The normalized spacial score (nSPS) is 23.2. The second-order valence-electron chi connectivity index (χ2n) is 6.97. The molecule has 2 heterocycles. The molecule has 1 aromatic carbocycles. The number of rotatable bonds is 6. The predicted octanol–water partition coefficient (Wildman–Crippen LogP) is 2.06. The number of amides is 2. The lowest BCUT2D eigenvalue weighted by molar-refractivity contribution is -0.136. The van der Waals surface area contributed by atoms with E-state index in [0.29, 0.717) is 26.3 Å². The zero-order valence-electron chi connectivity index (χ0n) is 15.2. The Hall–Kier alpha value is -1.92. The highest BCUT2D eigenvalue weighted by Crippen LogP contribution is 2.14. The van der Waals surface area contributed by atoms with Crippen LogP contribution in [-0.4, -0.2) is 37.2 Å². The van der Waals surface area contributed by atoms with E-state index in [4.69, 9.17) is 9.47 Å². The van der Waals surface area contributed by atoms with Gasteiger partial charge < -0.3 is 20.1 Å². The molecule has 6 heteroatoms. The summed E-state index contributed by atoms with van der Waals surface area (Å²) in [5.74, 6) is -0.0873. The first-order chi connectivity index (χ1) is 12.7. The van der Waals surface area contributed by atoms with Gasteiger partial charge >= 0.3 is 0 Å². The molecular weight excluding hydrogens is 332 g/mol. The maximum absolute atomic E-state index is 12.1. The molecule has 2 saturated heterocycles. The molecule has 2 N–H and O–H groups in total. The van der Waals surface area contributed by atoms with E-state index in [1.807, 2.05) is 24.3 Å². The van der Waals surface area contributed by atoms with Gasteiger partial charge in [0.05, 0.1) is 0 Å². The molecule has 0 aliphatic carbocycles. The summed E-state index contributed by atoms with van der Waals surface area (Å²) in [5.41, 5.74) is 2.02. The van der Waals surface area contributed by atoms with E-state index in [1.165, 1.54) is 0 Å². The van der Waals surface area contributed by atoms with Gasteiger partial charge in [0.1, 0.15) is 12.2 Å². The second-order valence-corrected chi connectivity index (χ2v) is 6.97. The van der Waals surface area contributed by atoms with Crippen LogP contribution in [0.1, 0.15) is 49.7 Å². The molecule has 2 aliphatic rings. The van der Waals surface area contributed by atoms with Gasteiger partial charge in [-0.1, -0.05) is 24.3 Å². The smallest absolute Gasteiger partial charge is 0.249 e. The fourth-order valence-electron chi connectivity index (χ4n) is 3.35. The molecule has 2 atom stereocenters. The lowest BCUT2D eigenvalue weighted by Gasteiger charge is -2.22. The van der Waals surface area contributed by atoms with E-state index < -0.39 is 0 Å². The van der Waals surface area contributed by atoms with E-state index in [9.17, 15) is 9.59 Å². The summed E-state index contributed by atoms with van der Waals surface area (Å²) in [7, 11) is 0. The van der Waals surface area contributed by atoms with Crippen molar-refractivity contribution < 1.29 is 19.1 Å². The Bertz CT molecular complexity index is 558. The Labute approximate surface area is 154 Å². The minimum absolute atomic E-state index is 0.0437. The van der Waals surface area contributed by atoms with Crippen LogP contribution in [0.3, 0.4) is 0 Å². The molecular formula is C20H28N2O4. The number of ether oxygens (including phenoxy) is 2. The first-order valence-corrected chi connectivity index (χ1v) is 9.59. The van der Waals surface area contributed by atoms with Gasteiger partial charge in [-0.3, -0.25) is 9.59 Å². The lowest BCUT2D eigenvalue weighted by atomic mass is 10.1. The van der Waals surface area contributed by atoms with Crippen molar-refractivity contribution in [3.8, 4) is 0 Å². The molecule has 2 unspecified atom stereocenters. The average Bonchev–Trinajstić information content (AvgIpc) is 2.72. The zero-order chi connectivity index (χ0) is 18.2. The first-order valence-electron chi connectivity index (χ1n) is 9.59. The molecule has 2 aliphatic heterocycles. The molecule has 6 nitrogen and oxygen atoms in total. The summed E-state index contributed by atoms with van der Waals surface area (Å²) in [5, 5.41) is 5.88. The largest absolute Gasteiger partial charge is 0.368 e. The molecule has 0 saturated carbocycles. The van der Waals surface area contributed by atoms with Gasteiger partial charge in [-0.2, -0.15) is 0 Å². The maximum atomic E-state index is 12.1. The molecule has 26 heavy (non-hydrogen) atoms. The van der Waals surface area contributed by atoms with Gasteiger partial charge in [-0.15, -0.1) is 0 Å².